The predicted molar refractivity (Wildman–Crippen MR) is 104 cm³/mol. The average molecular weight is 399 g/mol. The fourth-order valence-electron chi connectivity index (χ4n) is 2.80. The van der Waals surface area contributed by atoms with Gasteiger partial charge in [0.25, 0.3) is 11.6 Å². The van der Waals surface area contributed by atoms with Gasteiger partial charge >= 0.3 is 0 Å². The molecule has 2 aromatic carbocycles. The molecule has 9 nitrogen and oxygen atoms in total. The van der Waals surface area contributed by atoms with Crippen molar-refractivity contribution in [2.45, 2.75) is 12.8 Å². The van der Waals surface area contributed by atoms with E-state index in [1.165, 1.54) is 24.3 Å². The molecule has 1 heterocycles. The number of hydrogen-bond donors (Lipinski definition) is 2. The molecule has 1 aliphatic heterocycles. The zero-order chi connectivity index (χ0) is 20.6. The smallest absolute Gasteiger partial charge is 0.269 e. The topological polar surface area (TPSA) is 120 Å². The molecule has 0 spiro atoms. The summed E-state index contributed by atoms with van der Waals surface area (Å²) in [6, 6.07) is 11.0. The number of hydrogen-bond acceptors (Lipinski definition) is 6. The van der Waals surface area contributed by atoms with E-state index < -0.39 is 4.92 Å². The first-order valence-corrected chi connectivity index (χ1v) is 9.21. The zero-order valence-corrected chi connectivity index (χ0v) is 15.7. The van der Waals surface area contributed by atoms with Crippen molar-refractivity contribution < 1.29 is 24.0 Å². The molecule has 0 radical (unpaired) electrons. The number of non-ortho nitro benzene ring substituents is 1. The Morgan fingerprint density at radius 1 is 0.966 bits per heavy atom. The van der Waals surface area contributed by atoms with E-state index in [4.69, 9.17) is 9.47 Å². The Bertz CT molecular complexity index is 898. The Morgan fingerprint density at radius 2 is 1.69 bits per heavy atom. The number of rotatable bonds is 8. The maximum absolute atomic E-state index is 12.0. The molecule has 0 saturated heterocycles. The van der Waals surface area contributed by atoms with Crippen molar-refractivity contribution in [1.82, 2.24) is 10.6 Å². The van der Waals surface area contributed by atoms with Crippen LogP contribution in [-0.4, -0.2) is 43.0 Å². The molecule has 152 valence electrons. The van der Waals surface area contributed by atoms with E-state index in [9.17, 15) is 19.7 Å². The van der Waals surface area contributed by atoms with Crippen molar-refractivity contribution in [3.8, 4) is 11.5 Å². The molecule has 0 atom stereocenters. The minimum absolute atomic E-state index is 0.0843. The van der Waals surface area contributed by atoms with Crippen LogP contribution in [0, 0.1) is 10.1 Å². The maximum Gasteiger partial charge on any atom is 0.269 e. The Kier molecular flexibility index (Phi) is 6.62. The minimum Gasteiger partial charge on any atom is -0.486 e. The number of amides is 2. The molecule has 0 aliphatic carbocycles. The van der Waals surface area contributed by atoms with E-state index in [0.29, 0.717) is 37.5 Å². The number of nitrogens with one attached hydrogen (secondary N) is 2. The highest BCUT2D eigenvalue weighted by molar-refractivity contribution is 5.94. The summed E-state index contributed by atoms with van der Waals surface area (Å²) in [5, 5.41) is 16.0. The van der Waals surface area contributed by atoms with Gasteiger partial charge in [-0.1, -0.05) is 6.07 Å². The zero-order valence-electron chi connectivity index (χ0n) is 15.7. The highest BCUT2D eigenvalue weighted by Crippen LogP contribution is 2.30. The molecular formula is C20H21N3O6. The molecule has 9 heteroatoms. The second-order valence-electron chi connectivity index (χ2n) is 6.39. The summed E-state index contributed by atoms with van der Waals surface area (Å²) in [6.45, 7) is 1.71. The number of nitro groups is 1. The van der Waals surface area contributed by atoms with Crippen molar-refractivity contribution in [2.24, 2.45) is 0 Å². The molecule has 29 heavy (non-hydrogen) atoms. The monoisotopic (exact) mass is 399 g/mol. The standard InChI is InChI=1S/C20H21N3O6/c24-19(8-10-22-20(25)15-2-4-16(5-3-15)23(26)27)21-9-7-14-1-6-17-18(13-14)29-12-11-28-17/h1-6,13H,7-12H2,(H,21,24)(H,22,25). The Balaban J connectivity index is 1.35. The Morgan fingerprint density at radius 3 is 2.41 bits per heavy atom. The van der Waals surface area contributed by atoms with Crippen LogP contribution in [0.3, 0.4) is 0 Å². The lowest BCUT2D eigenvalue weighted by Crippen LogP contribution is -2.31. The van der Waals surface area contributed by atoms with Gasteiger partial charge in [-0.25, -0.2) is 0 Å². The lowest BCUT2D eigenvalue weighted by Gasteiger charge is -2.18. The van der Waals surface area contributed by atoms with E-state index in [1.54, 1.807) is 0 Å². The average Bonchev–Trinajstić information content (AvgIpc) is 2.73. The lowest BCUT2D eigenvalue weighted by molar-refractivity contribution is -0.384. The van der Waals surface area contributed by atoms with Gasteiger partial charge < -0.3 is 20.1 Å². The third kappa shape index (κ3) is 5.68. The first kappa shape index (κ1) is 20.1. The molecule has 2 amide bonds. The van der Waals surface area contributed by atoms with Crippen LogP contribution in [0.4, 0.5) is 5.69 Å². The van der Waals surface area contributed by atoms with Crippen LogP contribution in [0.2, 0.25) is 0 Å². The van der Waals surface area contributed by atoms with Gasteiger partial charge in [-0.05, 0) is 36.2 Å². The molecule has 1 aliphatic rings. The van der Waals surface area contributed by atoms with Crippen LogP contribution in [0.5, 0.6) is 11.5 Å². The second-order valence-corrected chi connectivity index (χ2v) is 6.39. The number of carbonyl (C=O) groups excluding carboxylic acids is 2. The Labute approximate surface area is 167 Å². The van der Waals surface area contributed by atoms with E-state index in [2.05, 4.69) is 10.6 Å². The van der Waals surface area contributed by atoms with Gasteiger partial charge in [-0.15, -0.1) is 0 Å². The minimum atomic E-state index is -0.531. The number of ether oxygens (including phenoxy) is 2. The molecule has 2 N–H and O–H groups in total. The molecule has 0 unspecified atom stereocenters. The number of nitrogens with zero attached hydrogens (tertiary/aromatic N) is 1. The summed E-state index contributed by atoms with van der Waals surface area (Å²) < 4.78 is 11.0. The van der Waals surface area contributed by atoms with E-state index in [1.807, 2.05) is 18.2 Å². The van der Waals surface area contributed by atoms with Crippen molar-refractivity contribution in [1.29, 1.82) is 0 Å². The van der Waals surface area contributed by atoms with Crippen LogP contribution in [-0.2, 0) is 11.2 Å². The highest BCUT2D eigenvalue weighted by atomic mass is 16.6. The SMILES string of the molecule is O=C(CCNC(=O)c1ccc([N+](=O)[O-])cc1)NCCc1ccc2c(c1)OCCO2. The van der Waals surface area contributed by atoms with E-state index in [0.717, 1.165) is 11.3 Å². The second kappa shape index (κ2) is 9.54. The summed E-state index contributed by atoms with van der Waals surface area (Å²) in [6.07, 6.45) is 0.789. The fraction of sp³-hybridized carbons (Fsp3) is 0.300. The molecule has 0 bridgehead atoms. The summed E-state index contributed by atoms with van der Waals surface area (Å²) in [4.78, 5) is 34.0. The van der Waals surface area contributed by atoms with E-state index in [-0.39, 0.29) is 30.5 Å². The van der Waals surface area contributed by atoms with Crippen LogP contribution in [0.1, 0.15) is 22.3 Å². The summed E-state index contributed by atoms with van der Waals surface area (Å²) >= 11 is 0. The molecular weight excluding hydrogens is 378 g/mol. The summed E-state index contributed by atoms with van der Waals surface area (Å²) in [5.41, 5.74) is 1.24. The molecule has 3 rings (SSSR count). The quantitative estimate of drug-likeness (QED) is 0.516. The Hall–Kier alpha value is -3.62. The third-order valence-electron chi connectivity index (χ3n) is 4.32. The predicted octanol–water partition coefficient (Wildman–Crippen LogP) is 1.84. The van der Waals surface area contributed by atoms with E-state index >= 15 is 0 Å². The van der Waals surface area contributed by atoms with Gasteiger partial charge in [-0.2, -0.15) is 0 Å². The van der Waals surface area contributed by atoms with Crippen molar-refractivity contribution in [2.75, 3.05) is 26.3 Å². The van der Waals surface area contributed by atoms with Crippen molar-refractivity contribution in [3.63, 3.8) is 0 Å². The number of benzene rings is 2. The number of nitro benzene ring substituents is 1. The van der Waals surface area contributed by atoms with Gasteiger partial charge in [0, 0.05) is 37.2 Å². The van der Waals surface area contributed by atoms with Gasteiger partial charge in [0.2, 0.25) is 5.91 Å². The van der Waals surface area contributed by atoms with Crippen LogP contribution in [0.25, 0.3) is 0 Å². The molecule has 0 saturated carbocycles. The molecule has 0 fully saturated rings. The van der Waals surface area contributed by atoms with Crippen molar-refractivity contribution >= 4 is 17.5 Å². The van der Waals surface area contributed by atoms with Gasteiger partial charge in [0.15, 0.2) is 11.5 Å². The van der Waals surface area contributed by atoms with Gasteiger partial charge in [0.1, 0.15) is 13.2 Å². The first-order chi connectivity index (χ1) is 14.0. The largest absolute Gasteiger partial charge is 0.486 e. The van der Waals surface area contributed by atoms with Crippen LogP contribution < -0.4 is 20.1 Å². The van der Waals surface area contributed by atoms with Gasteiger partial charge in [-0.3, -0.25) is 19.7 Å². The first-order valence-electron chi connectivity index (χ1n) is 9.21. The van der Waals surface area contributed by atoms with Crippen LogP contribution in [0.15, 0.2) is 42.5 Å². The lowest BCUT2D eigenvalue weighted by atomic mass is 10.1. The maximum atomic E-state index is 12.0. The fourth-order valence-corrected chi connectivity index (χ4v) is 2.80. The highest BCUT2D eigenvalue weighted by Gasteiger charge is 2.12. The number of carbonyl (C=O) groups is 2. The normalized spacial score (nSPS) is 12.1. The van der Waals surface area contributed by atoms with Crippen LogP contribution >= 0.6 is 0 Å². The number of fused-ring (bicyclic) bond motifs is 1. The van der Waals surface area contributed by atoms with Crippen molar-refractivity contribution in [3.05, 3.63) is 63.7 Å². The molecule has 0 aromatic heterocycles. The van der Waals surface area contributed by atoms with Gasteiger partial charge in [0.05, 0.1) is 4.92 Å². The third-order valence-corrected chi connectivity index (χ3v) is 4.32. The molecule has 2 aromatic rings. The summed E-state index contributed by atoms with van der Waals surface area (Å²) in [5.74, 6) is 0.886. The summed E-state index contributed by atoms with van der Waals surface area (Å²) in [7, 11) is 0.